The standard InChI is InChI=1S/C22H20ClFN2O2/c1-12-19(21(27)20-16(23)7-4-8-17(20)24)15-11-14(9-10-18(15)25-12)26-22(28)13-5-2-3-6-13/h4,7-11,13,25H,2-3,5-6H2,1H3,(H,26,28). The molecular weight excluding hydrogens is 379 g/mol. The maximum atomic E-state index is 14.3. The number of carbonyl (C=O) groups is 2. The highest BCUT2D eigenvalue weighted by Gasteiger charge is 2.25. The Kier molecular flexibility index (Phi) is 4.94. The average Bonchev–Trinajstić information content (AvgIpc) is 3.28. The second-order valence-corrected chi connectivity index (χ2v) is 7.69. The number of fused-ring (bicyclic) bond motifs is 1. The summed E-state index contributed by atoms with van der Waals surface area (Å²) < 4.78 is 14.3. The summed E-state index contributed by atoms with van der Waals surface area (Å²) in [5, 5.41) is 3.65. The predicted molar refractivity (Wildman–Crippen MR) is 108 cm³/mol. The molecule has 0 unspecified atom stereocenters. The molecule has 1 aromatic heterocycles. The van der Waals surface area contributed by atoms with Gasteiger partial charge < -0.3 is 10.3 Å². The van der Waals surface area contributed by atoms with Gasteiger partial charge in [0.1, 0.15) is 5.82 Å². The van der Waals surface area contributed by atoms with Crippen LogP contribution in [0.4, 0.5) is 10.1 Å². The van der Waals surface area contributed by atoms with Gasteiger partial charge in [-0.3, -0.25) is 9.59 Å². The molecule has 1 amide bonds. The topological polar surface area (TPSA) is 62.0 Å². The summed E-state index contributed by atoms with van der Waals surface area (Å²) in [4.78, 5) is 28.7. The van der Waals surface area contributed by atoms with E-state index in [0.717, 1.165) is 31.2 Å². The second-order valence-electron chi connectivity index (χ2n) is 7.28. The minimum Gasteiger partial charge on any atom is -0.358 e. The van der Waals surface area contributed by atoms with Crippen molar-refractivity contribution in [3.05, 3.63) is 64.1 Å². The minimum absolute atomic E-state index is 0.00846. The number of rotatable bonds is 4. The Morgan fingerprint density at radius 1 is 1.14 bits per heavy atom. The molecule has 0 radical (unpaired) electrons. The molecular formula is C22H20ClFN2O2. The van der Waals surface area contributed by atoms with Crippen molar-refractivity contribution in [3.8, 4) is 0 Å². The highest BCUT2D eigenvalue weighted by molar-refractivity contribution is 6.35. The first-order chi connectivity index (χ1) is 13.5. The first kappa shape index (κ1) is 18.7. The van der Waals surface area contributed by atoms with Crippen LogP contribution in [0, 0.1) is 18.7 Å². The summed E-state index contributed by atoms with van der Waals surface area (Å²) in [5.74, 6) is -1.08. The van der Waals surface area contributed by atoms with Crippen LogP contribution in [-0.4, -0.2) is 16.7 Å². The Hall–Kier alpha value is -2.66. The zero-order valence-corrected chi connectivity index (χ0v) is 16.2. The van der Waals surface area contributed by atoms with Gasteiger partial charge >= 0.3 is 0 Å². The fourth-order valence-electron chi connectivity index (χ4n) is 3.97. The van der Waals surface area contributed by atoms with E-state index < -0.39 is 11.6 Å². The summed E-state index contributed by atoms with van der Waals surface area (Å²) in [6, 6.07) is 9.55. The van der Waals surface area contributed by atoms with Gasteiger partial charge in [0.15, 0.2) is 5.78 Å². The third-order valence-corrected chi connectivity index (χ3v) is 5.71. The van der Waals surface area contributed by atoms with E-state index in [1.54, 1.807) is 19.1 Å². The Balaban J connectivity index is 1.73. The molecule has 1 heterocycles. The Labute approximate surface area is 167 Å². The molecule has 0 atom stereocenters. The third kappa shape index (κ3) is 3.31. The molecule has 4 nitrogen and oxygen atoms in total. The molecule has 3 aromatic rings. The van der Waals surface area contributed by atoms with Gasteiger partial charge in [-0.05, 0) is 50.1 Å². The normalized spacial score (nSPS) is 14.5. The number of benzene rings is 2. The summed E-state index contributed by atoms with van der Waals surface area (Å²) >= 11 is 6.09. The molecule has 144 valence electrons. The summed E-state index contributed by atoms with van der Waals surface area (Å²) in [7, 11) is 0. The van der Waals surface area contributed by atoms with Crippen LogP contribution in [-0.2, 0) is 4.79 Å². The number of anilines is 1. The lowest BCUT2D eigenvalue weighted by Crippen LogP contribution is -2.20. The fraction of sp³-hybridized carbons (Fsp3) is 0.273. The van der Waals surface area contributed by atoms with Gasteiger partial charge in [0, 0.05) is 28.2 Å². The monoisotopic (exact) mass is 398 g/mol. The predicted octanol–water partition coefficient (Wildman–Crippen LogP) is 5.63. The number of carbonyl (C=O) groups excluding carboxylic acids is 2. The van der Waals surface area contributed by atoms with E-state index in [1.165, 1.54) is 18.2 Å². The van der Waals surface area contributed by atoms with E-state index in [4.69, 9.17) is 11.6 Å². The summed E-state index contributed by atoms with van der Waals surface area (Å²) in [6.07, 6.45) is 3.98. The minimum atomic E-state index is -0.656. The quantitative estimate of drug-likeness (QED) is 0.559. The molecule has 0 bridgehead atoms. The van der Waals surface area contributed by atoms with E-state index >= 15 is 0 Å². The van der Waals surface area contributed by atoms with Crippen molar-refractivity contribution in [2.24, 2.45) is 5.92 Å². The van der Waals surface area contributed by atoms with Crippen LogP contribution in [0.2, 0.25) is 5.02 Å². The highest BCUT2D eigenvalue weighted by atomic mass is 35.5. The molecule has 28 heavy (non-hydrogen) atoms. The van der Waals surface area contributed by atoms with Gasteiger partial charge in [-0.1, -0.05) is 30.5 Å². The Morgan fingerprint density at radius 3 is 2.61 bits per heavy atom. The third-order valence-electron chi connectivity index (χ3n) is 5.40. The molecule has 4 rings (SSSR count). The zero-order valence-electron chi connectivity index (χ0n) is 15.4. The highest BCUT2D eigenvalue weighted by Crippen LogP contribution is 2.31. The maximum Gasteiger partial charge on any atom is 0.227 e. The van der Waals surface area contributed by atoms with E-state index in [9.17, 15) is 14.0 Å². The molecule has 1 saturated carbocycles. The molecule has 2 N–H and O–H groups in total. The van der Waals surface area contributed by atoms with Gasteiger partial charge in [-0.25, -0.2) is 4.39 Å². The number of aromatic amines is 1. The van der Waals surface area contributed by atoms with Crippen molar-refractivity contribution in [2.45, 2.75) is 32.6 Å². The van der Waals surface area contributed by atoms with Gasteiger partial charge in [-0.15, -0.1) is 0 Å². The van der Waals surface area contributed by atoms with Crippen LogP contribution >= 0.6 is 11.6 Å². The molecule has 0 spiro atoms. The first-order valence-corrected chi connectivity index (χ1v) is 9.75. The van der Waals surface area contributed by atoms with Crippen LogP contribution in [0.25, 0.3) is 10.9 Å². The van der Waals surface area contributed by atoms with Gasteiger partial charge in [0.25, 0.3) is 0 Å². The van der Waals surface area contributed by atoms with Gasteiger partial charge in [-0.2, -0.15) is 0 Å². The number of halogens is 2. The molecule has 1 fully saturated rings. The molecule has 1 aliphatic rings. The molecule has 0 saturated heterocycles. The lowest BCUT2D eigenvalue weighted by molar-refractivity contribution is -0.119. The lowest BCUT2D eigenvalue weighted by atomic mass is 9.99. The van der Waals surface area contributed by atoms with Crippen LogP contribution in [0.3, 0.4) is 0 Å². The summed E-state index contributed by atoms with van der Waals surface area (Å²) in [6.45, 7) is 1.76. The lowest BCUT2D eigenvalue weighted by Gasteiger charge is -2.11. The zero-order chi connectivity index (χ0) is 19.8. The number of aromatic nitrogens is 1. The van der Waals surface area contributed by atoms with E-state index in [-0.39, 0.29) is 22.4 Å². The first-order valence-electron chi connectivity index (χ1n) is 9.37. The van der Waals surface area contributed by atoms with Crippen LogP contribution in [0.1, 0.15) is 47.3 Å². The average molecular weight is 399 g/mol. The largest absolute Gasteiger partial charge is 0.358 e. The number of ketones is 1. The Morgan fingerprint density at radius 2 is 1.89 bits per heavy atom. The van der Waals surface area contributed by atoms with Crippen LogP contribution < -0.4 is 5.32 Å². The van der Waals surface area contributed by atoms with Crippen molar-refractivity contribution < 1.29 is 14.0 Å². The smallest absolute Gasteiger partial charge is 0.227 e. The number of hydrogen-bond acceptors (Lipinski definition) is 2. The fourth-order valence-corrected chi connectivity index (χ4v) is 4.22. The van der Waals surface area contributed by atoms with Crippen molar-refractivity contribution in [2.75, 3.05) is 5.32 Å². The molecule has 6 heteroatoms. The van der Waals surface area contributed by atoms with E-state index in [2.05, 4.69) is 10.3 Å². The van der Waals surface area contributed by atoms with Crippen LogP contribution in [0.5, 0.6) is 0 Å². The van der Waals surface area contributed by atoms with Gasteiger partial charge in [0.05, 0.1) is 16.1 Å². The van der Waals surface area contributed by atoms with Crippen molar-refractivity contribution in [1.29, 1.82) is 0 Å². The second kappa shape index (κ2) is 7.40. The summed E-state index contributed by atoms with van der Waals surface area (Å²) in [5.41, 5.74) is 2.20. The molecule has 0 aliphatic heterocycles. The number of amides is 1. The number of nitrogens with one attached hydrogen (secondary N) is 2. The van der Waals surface area contributed by atoms with Crippen molar-refractivity contribution in [1.82, 2.24) is 4.98 Å². The van der Waals surface area contributed by atoms with E-state index in [1.807, 2.05) is 6.07 Å². The van der Waals surface area contributed by atoms with Crippen molar-refractivity contribution in [3.63, 3.8) is 0 Å². The van der Waals surface area contributed by atoms with E-state index in [0.29, 0.717) is 22.3 Å². The molecule has 1 aliphatic carbocycles. The maximum absolute atomic E-state index is 14.3. The Bertz CT molecular complexity index is 1060. The number of aryl methyl sites for hydroxylation is 1. The van der Waals surface area contributed by atoms with Crippen molar-refractivity contribution >= 4 is 39.9 Å². The SMILES string of the molecule is Cc1[nH]c2ccc(NC(=O)C3CCCC3)cc2c1C(=O)c1c(F)cccc1Cl. The van der Waals surface area contributed by atoms with Crippen LogP contribution in [0.15, 0.2) is 36.4 Å². The molecule has 2 aromatic carbocycles. The number of H-pyrrole nitrogens is 1. The number of hydrogen-bond donors (Lipinski definition) is 2. The van der Waals surface area contributed by atoms with Gasteiger partial charge in [0.2, 0.25) is 5.91 Å².